The van der Waals surface area contributed by atoms with E-state index in [0.29, 0.717) is 12.1 Å². The average molecular weight is 289 g/mol. The first-order valence-corrected chi connectivity index (χ1v) is 5.50. The molecule has 0 fully saturated rings. The van der Waals surface area contributed by atoms with Crippen molar-refractivity contribution in [2.24, 2.45) is 0 Å². The van der Waals surface area contributed by atoms with Crippen LogP contribution in [0.15, 0.2) is 12.1 Å². The number of carbonyl (C=O) groups is 1. The Morgan fingerprint density at radius 2 is 1.84 bits per heavy atom. The summed E-state index contributed by atoms with van der Waals surface area (Å²) in [5.74, 6) is 0. The van der Waals surface area contributed by atoms with Crippen molar-refractivity contribution in [2.45, 2.75) is 18.0 Å². The molecule has 4 nitrogen and oxygen atoms in total. The molecule has 1 rings (SSSR count). The van der Waals surface area contributed by atoms with Crippen LogP contribution < -0.4 is 0 Å². The Labute approximate surface area is 109 Å². The standard InChI is InChI=1S/C10H8BF3NO3P/c12-10(13,14)9(4-15,3-8(18)19)5-1-6(16)11-7(17)2-5/h1-2,16-17H,3,19H2. The quantitative estimate of drug-likeness (QED) is 0.827. The zero-order valence-electron chi connectivity index (χ0n) is 9.40. The van der Waals surface area contributed by atoms with Crippen LogP contribution in [-0.2, 0) is 10.2 Å². The molecule has 0 bridgehead atoms. The van der Waals surface area contributed by atoms with Gasteiger partial charge < -0.3 is 0 Å². The molecule has 2 unspecified atom stereocenters. The fourth-order valence-corrected chi connectivity index (χ4v) is 1.94. The number of carbonyl (C=O) groups excluding carboxylic acids is 1. The molecule has 0 saturated heterocycles. The molecule has 1 aromatic heterocycles. The van der Waals surface area contributed by atoms with Crippen LogP contribution in [0.3, 0.4) is 0 Å². The number of hydrogen-bond donors (Lipinski definition) is 2. The summed E-state index contributed by atoms with van der Waals surface area (Å²) in [5.41, 5.74) is -5.97. The summed E-state index contributed by atoms with van der Waals surface area (Å²) in [5, 5.41) is 27.4. The summed E-state index contributed by atoms with van der Waals surface area (Å²) in [6.07, 6.45) is -6.16. The molecule has 0 aliphatic rings. The molecular formula is C10H8BF3NO3P. The van der Waals surface area contributed by atoms with Crippen LogP contribution >= 0.6 is 9.24 Å². The van der Waals surface area contributed by atoms with Crippen molar-refractivity contribution in [3.05, 3.63) is 17.7 Å². The Kier molecular flexibility index (Phi) is 4.21. The van der Waals surface area contributed by atoms with E-state index in [-0.39, 0.29) is 0 Å². The molecule has 0 amide bonds. The first kappa shape index (κ1) is 15.5. The monoisotopic (exact) mass is 289 g/mol. The Hall–Kier alpha value is -1.61. The van der Waals surface area contributed by atoms with E-state index in [2.05, 4.69) is 0 Å². The average Bonchev–Trinajstić information content (AvgIpc) is 2.22. The van der Waals surface area contributed by atoms with E-state index in [1.54, 1.807) is 9.24 Å². The van der Waals surface area contributed by atoms with Gasteiger partial charge >= 0.3 is 108 Å². The molecule has 2 N–H and O–H groups in total. The molecule has 1 aromatic rings. The Bertz CT molecular complexity index is 538. The van der Waals surface area contributed by atoms with Crippen molar-refractivity contribution in [1.82, 2.24) is 0 Å². The van der Waals surface area contributed by atoms with E-state index < -0.39 is 40.4 Å². The van der Waals surface area contributed by atoms with Gasteiger partial charge in [0.1, 0.15) is 0 Å². The Morgan fingerprint density at radius 1 is 1.37 bits per heavy atom. The van der Waals surface area contributed by atoms with Gasteiger partial charge in [-0.05, 0) is 0 Å². The maximum atomic E-state index is 13.1. The van der Waals surface area contributed by atoms with Crippen molar-refractivity contribution in [3.8, 4) is 17.4 Å². The van der Waals surface area contributed by atoms with Crippen molar-refractivity contribution in [2.75, 3.05) is 0 Å². The second kappa shape index (κ2) is 5.18. The van der Waals surface area contributed by atoms with Crippen molar-refractivity contribution >= 4 is 21.7 Å². The normalized spacial score (nSPS) is 14.3. The van der Waals surface area contributed by atoms with E-state index in [1.165, 1.54) is 0 Å². The van der Waals surface area contributed by atoms with Gasteiger partial charge in [-0.1, -0.05) is 0 Å². The summed E-state index contributed by atoms with van der Waals surface area (Å²) >= 11 is 0. The molecule has 0 radical (unpaired) electrons. The van der Waals surface area contributed by atoms with Gasteiger partial charge in [-0.3, -0.25) is 0 Å². The van der Waals surface area contributed by atoms with Crippen LogP contribution in [-0.4, -0.2) is 28.8 Å². The Morgan fingerprint density at radius 3 is 2.16 bits per heavy atom. The second-order valence-electron chi connectivity index (χ2n) is 3.90. The van der Waals surface area contributed by atoms with Gasteiger partial charge in [0.2, 0.25) is 0 Å². The number of rotatable bonds is 3. The fraction of sp³-hybridized carbons (Fsp3) is 0.300. The summed E-state index contributed by atoms with van der Waals surface area (Å²) in [6.45, 7) is 0.824. The van der Waals surface area contributed by atoms with E-state index in [1.807, 2.05) is 0 Å². The van der Waals surface area contributed by atoms with E-state index in [9.17, 15) is 28.2 Å². The number of nitrogens with zero attached hydrogens (tertiary/aromatic N) is 1. The molecule has 0 aromatic carbocycles. The molecule has 0 saturated carbocycles. The third-order valence-corrected chi connectivity index (χ3v) is 2.71. The van der Waals surface area contributed by atoms with Crippen LogP contribution in [0.2, 0.25) is 0 Å². The van der Waals surface area contributed by atoms with Gasteiger partial charge in [-0.2, -0.15) is 0 Å². The maximum absolute atomic E-state index is 13.1. The summed E-state index contributed by atoms with van der Waals surface area (Å²) in [6, 6.07) is 2.47. The minimum absolute atomic E-state index is 0.630. The summed E-state index contributed by atoms with van der Waals surface area (Å²) in [4.78, 5) is 11.0. The number of hydrogen-bond acceptors (Lipinski definition) is 4. The van der Waals surface area contributed by atoms with Crippen LogP contribution in [0.4, 0.5) is 13.2 Å². The predicted octanol–water partition coefficient (Wildman–Crippen LogP) is 1.55. The first-order chi connectivity index (χ1) is 8.62. The summed E-state index contributed by atoms with van der Waals surface area (Å²) < 4.78 is 39.4. The number of aromatic hydroxyl groups is 2. The van der Waals surface area contributed by atoms with Crippen LogP contribution in [0.25, 0.3) is 0 Å². The van der Waals surface area contributed by atoms with Crippen molar-refractivity contribution in [1.29, 1.82) is 5.26 Å². The van der Waals surface area contributed by atoms with Gasteiger partial charge in [-0.15, -0.1) is 0 Å². The number of alkyl halides is 3. The third kappa shape index (κ3) is 3.05. The van der Waals surface area contributed by atoms with Crippen molar-refractivity contribution < 1.29 is 28.2 Å². The van der Waals surface area contributed by atoms with Crippen LogP contribution in [0.5, 0.6) is 11.3 Å². The zero-order valence-corrected chi connectivity index (χ0v) is 10.6. The SMILES string of the molecule is N#CC(CC(=O)P)(c1cc(O)bc(O)c1)C(F)(F)F. The minimum atomic E-state index is -5.03. The number of halogens is 3. The molecule has 0 aliphatic heterocycles. The molecule has 100 valence electrons. The molecule has 19 heavy (non-hydrogen) atoms. The fourth-order valence-electron chi connectivity index (χ4n) is 1.64. The van der Waals surface area contributed by atoms with E-state index in [0.717, 1.165) is 13.0 Å². The van der Waals surface area contributed by atoms with Gasteiger partial charge in [0.05, 0.1) is 0 Å². The molecular weight excluding hydrogens is 281 g/mol. The molecule has 0 spiro atoms. The molecule has 1 heterocycles. The third-order valence-electron chi connectivity index (χ3n) is 2.51. The molecule has 0 aliphatic carbocycles. The van der Waals surface area contributed by atoms with Gasteiger partial charge in [0.25, 0.3) is 0 Å². The first-order valence-electron chi connectivity index (χ1n) is 4.92. The predicted molar refractivity (Wildman–Crippen MR) is 63.8 cm³/mol. The second-order valence-corrected chi connectivity index (χ2v) is 4.54. The van der Waals surface area contributed by atoms with Crippen LogP contribution in [0, 0.1) is 11.3 Å². The van der Waals surface area contributed by atoms with E-state index in [4.69, 9.17) is 5.26 Å². The van der Waals surface area contributed by atoms with Crippen LogP contribution in [0.1, 0.15) is 12.0 Å². The summed E-state index contributed by atoms with van der Waals surface area (Å²) in [7, 11) is 1.57. The van der Waals surface area contributed by atoms with Gasteiger partial charge in [-0.25, -0.2) is 0 Å². The van der Waals surface area contributed by atoms with Gasteiger partial charge in [0.15, 0.2) is 0 Å². The Balaban J connectivity index is 3.55. The number of nitriles is 1. The van der Waals surface area contributed by atoms with Crippen molar-refractivity contribution in [3.63, 3.8) is 0 Å². The zero-order chi connectivity index (χ0) is 14.8. The molecule has 2 atom stereocenters. The van der Waals surface area contributed by atoms with Gasteiger partial charge in [0, 0.05) is 0 Å². The van der Waals surface area contributed by atoms with E-state index >= 15 is 0 Å². The molecule has 9 heteroatoms. The topological polar surface area (TPSA) is 81.3 Å².